The number of nitrogens with one attached hydrogen (secondary N) is 2. The summed E-state index contributed by atoms with van der Waals surface area (Å²) in [5, 5.41) is 5.49. The third kappa shape index (κ3) is 5.84. The van der Waals surface area contributed by atoms with Gasteiger partial charge in [-0.3, -0.25) is 14.5 Å². The van der Waals surface area contributed by atoms with Crippen LogP contribution >= 0.6 is 0 Å². The Morgan fingerprint density at radius 2 is 1.66 bits per heavy atom. The summed E-state index contributed by atoms with van der Waals surface area (Å²) in [7, 11) is 0. The normalized spacial score (nSPS) is 15.1. The van der Waals surface area contributed by atoms with Crippen molar-refractivity contribution in [2.75, 3.05) is 25.0 Å². The minimum absolute atomic E-state index is 0.0909. The molecule has 2 N–H and O–H groups in total. The highest BCUT2D eigenvalue weighted by atomic mass is 19.1. The third-order valence-electron chi connectivity index (χ3n) is 5.16. The smallest absolute Gasteiger partial charge is 0.238 e. The predicted molar refractivity (Wildman–Crippen MR) is 107 cm³/mol. The number of carbonyl (C=O) groups excluding carboxylic acids is 2. The first kappa shape index (κ1) is 20.9. The number of likely N-dealkylation sites (tertiary alicyclic amines) is 1. The molecule has 154 valence electrons. The van der Waals surface area contributed by atoms with E-state index < -0.39 is 11.6 Å². The van der Waals surface area contributed by atoms with E-state index in [1.54, 1.807) is 0 Å². The quantitative estimate of drug-likeness (QED) is 0.781. The van der Waals surface area contributed by atoms with Gasteiger partial charge >= 0.3 is 0 Å². The standard InChI is InChI=1S/C22H25F2N3O2/c1-15-5-7-17(8-6-15)26-21(28)14-27-11-9-16(10-12-27)22(29)25-13-18-19(23)3-2-4-20(18)24/h2-8,16H,9-14H2,1H3,(H,25,29)(H,26,28). The van der Waals surface area contributed by atoms with Crippen LogP contribution in [0, 0.1) is 24.5 Å². The lowest BCUT2D eigenvalue weighted by Crippen LogP contribution is -2.43. The van der Waals surface area contributed by atoms with Crippen molar-refractivity contribution in [3.05, 3.63) is 65.2 Å². The summed E-state index contributed by atoms with van der Waals surface area (Å²) in [6.45, 7) is 3.32. The number of amides is 2. The summed E-state index contributed by atoms with van der Waals surface area (Å²) in [4.78, 5) is 26.5. The van der Waals surface area contributed by atoms with Gasteiger partial charge in [-0.2, -0.15) is 0 Å². The monoisotopic (exact) mass is 401 g/mol. The van der Waals surface area contributed by atoms with E-state index in [0.717, 1.165) is 11.3 Å². The van der Waals surface area contributed by atoms with Crippen LogP contribution in [0.15, 0.2) is 42.5 Å². The summed E-state index contributed by atoms with van der Waals surface area (Å²) in [5.41, 5.74) is 1.75. The van der Waals surface area contributed by atoms with Gasteiger partial charge in [-0.25, -0.2) is 8.78 Å². The summed E-state index contributed by atoms with van der Waals surface area (Å²) >= 11 is 0. The summed E-state index contributed by atoms with van der Waals surface area (Å²) in [6.07, 6.45) is 1.20. The molecule has 0 atom stereocenters. The van der Waals surface area contributed by atoms with Gasteiger partial charge in [0.25, 0.3) is 0 Å². The van der Waals surface area contributed by atoms with Crippen LogP contribution in [0.25, 0.3) is 0 Å². The molecule has 1 saturated heterocycles. The topological polar surface area (TPSA) is 61.4 Å². The first-order chi connectivity index (χ1) is 13.9. The van der Waals surface area contributed by atoms with Crippen LogP contribution < -0.4 is 10.6 Å². The number of rotatable bonds is 6. The van der Waals surface area contributed by atoms with Gasteiger partial charge in [0.05, 0.1) is 6.54 Å². The number of hydrogen-bond donors (Lipinski definition) is 2. The van der Waals surface area contributed by atoms with Gasteiger partial charge in [-0.1, -0.05) is 23.8 Å². The molecule has 7 heteroatoms. The molecule has 2 amide bonds. The largest absolute Gasteiger partial charge is 0.352 e. The second-order valence-electron chi connectivity index (χ2n) is 7.38. The molecule has 0 aromatic heterocycles. The fraction of sp³-hybridized carbons (Fsp3) is 0.364. The Balaban J connectivity index is 1.42. The summed E-state index contributed by atoms with van der Waals surface area (Å²) < 4.78 is 27.3. The first-order valence-corrected chi connectivity index (χ1v) is 9.72. The molecule has 5 nitrogen and oxygen atoms in total. The lowest BCUT2D eigenvalue weighted by atomic mass is 9.95. The van der Waals surface area contributed by atoms with Gasteiger partial charge in [0.15, 0.2) is 0 Å². The van der Waals surface area contributed by atoms with Crippen molar-refractivity contribution in [3.63, 3.8) is 0 Å². The van der Waals surface area contributed by atoms with E-state index in [1.165, 1.54) is 18.2 Å². The van der Waals surface area contributed by atoms with Crippen LogP contribution in [0.1, 0.15) is 24.0 Å². The van der Waals surface area contributed by atoms with Crippen LogP contribution in [0.5, 0.6) is 0 Å². The predicted octanol–water partition coefficient (Wildman–Crippen LogP) is 3.24. The molecule has 1 fully saturated rings. The number of anilines is 1. The zero-order chi connectivity index (χ0) is 20.8. The van der Waals surface area contributed by atoms with Gasteiger partial charge in [0, 0.05) is 23.7 Å². The zero-order valence-electron chi connectivity index (χ0n) is 16.4. The average Bonchev–Trinajstić information content (AvgIpc) is 2.70. The lowest BCUT2D eigenvalue weighted by molar-refractivity contribution is -0.126. The number of benzene rings is 2. The van der Waals surface area contributed by atoms with Crippen molar-refractivity contribution >= 4 is 17.5 Å². The molecule has 0 bridgehead atoms. The van der Waals surface area contributed by atoms with Gasteiger partial charge < -0.3 is 10.6 Å². The van der Waals surface area contributed by atoms with Crippen molar-refractivity contribution in [2.45, 2.75) is 26.3 Å². The molecule has 2 aromatic carbocycles. The molecule has 1 heterocycles. The van der Waals surface area contributed by atoms with Gasteiger partial charge in [-0.05, 0) is 57.1 Å². The molecule has 2 aromatic rings. The Labute approximate surface area is 169 Å². The number of nitrogens with zero attached hydrogens (tertiary/aromatic N) is 1. The molecule has 0 radical (unpaired) electrons. The Bertz CT molecular complexity index is 843. The number of halogens is 2. The highest BCUT2D eigenvalue weighted by Crippen LogP contribution is 2.18. The number of aryl methyl sites for hydroxylation is 1. The van der Waals surface area contributed by atoms with Crippen molar-refractivity contribution in [1.82, 2.24) is 10.2 Å². The van der Waals surface area contributed by atoms with E-state index in [-0.39, 0.29) is 36.4 Å². The molecule has 1 aliphatic heterocycles. The van der Waals surface area contributed by atoms with Crippen LogP contribution in [-0.2, 0) is 16.1 Å². The highest BCUT2D eigenvalue weighted by molar-refractivity contribution is 5.92. The van der Waals surface area contributed by atoms with E-state index in [9.17, 15) is 18.4 Å². The zero-order valence-corrected chi connectivity index (χ0v) is 16.4. The Hall–Kier alpha value is -2.80. The molecule has 0 aliphatic carbocycles. The molecule has 0 spiro atoms. The second kappa shape index (κ2) is 9.60. The number of piperidine rings is 1. The van der Waals surface area contributed by atoms with Crippen molar-refractivity contribution < 1.29 is 18.4 Å². The van der Waals surface area contributed by atoms with Gasteiger partial charge in [0.2, 0.25) is 11.8 Å². The summed E-state index contributed by atoms with van der Waals surface area (Å²) in [5.74, 6) is -1.86. The van der Waals surface area contributed by atoms with Crippen molar-refractivity contribution in [1.29, 1.82) is 0 Å². The Morgan fingerprint density at radius 3 is 2.28 bits per heavy atom. The minimum Gasteiger partial charge on any atom is -0.352 e. The average molecular weight is 401 g/mol. The van der Waals surface area contributed by atoms with Crippen LogP contribution in [0.3, 0.4) is 0 Å². The number of carbonyl (C=O) groups is 2. The SMILES string of the molecule is Cc1ccc(NC(=O)CN2CCC(C(=O)NCc3c(F)cccc3F)CC2)cc1. The van der Waals surface area contributed by atoms with Crippen molar-refractivity contribution in [2.24, 2.45) is 5.92 Å². The van der Waals surface area contributed by atoms with Crippen LogP contribution in [-0.4, -0.2) is 36.3 Å². The Morgan fingerprint density at radius 1 is 1.03 bits per heavy atom. The molecule has 0 saturated carbocycles. The second-order valence-corrected chi connectivity index (χ2v) is 7.38. The highest BCUT2D eigenvalue weighted by Gasteiger charge is 2.26. The van der Waals surface area contributed by atoms with Crippen LogP contribution in [0.2, 0.25) is 0 Å². The van der Waals surface area contributed by atoms with E-state index in [2.05, 4.69) is 10.6 Å². The third-order valence-corrected chi connectivity index (χ3v) is 5.16. The summed E-state index contributed by atoms with van der Waals surface area (Å²) in [6, 6.07) is 11.2. The van der Waals surface area contributed by atoms with E-state index in [0.29, 0.717) is 25.9 Å². The lowest BCUT2D eigenvalue weighted by Gasteiger charge is -2.30. The van der Waals surface area contributed by atoms with Gasteiger partial charge in [-0.15, -0.1) is 0 Å². The molecular formula is C22H25F2N3O2. The molecule has 29 heavy (non-hydrogen) atoms. The minimum atomic E-state index is -0.667. The fourth-order valence-corrected chi connectivity index (χ4v) is 3.41. The maximum Gasteiger partial charge on any atom is 0.238 e. The number of hydrogen-bond acceptors (Lipinski definition) is 3. The van der Waals surface area contributed by atoms with E-state index in [4.69, 9.17) is 0 Å². The Kier molecular flexibility index (Phi) is 6.93. The molecular weight excluding hydrogens is 376 g/mol. The maximum atomic E-state index is 13.7. The molecule has 1 aliphatic rings. The van der Waals surface area contributed by atoms with Gasteiger partial charge in [0.1, 0.15) is 11.6 Å². The molecule has 3 rings (SSSR count). The maximum absolute atomic E-state index is 13.7. The van der Waals surface area contributed by atoms with Crippen molar-refractivity contribution in [3.8, 4) is 0 Å². The van der Waals surface area contributed by atoms with E-state index in [1.807, 2.05) is 36.1 Å². The van der Waals surface area contributed by atoms with Crippen LogP contribution in [0.4, 0.5) is 14.5 Å². The first-order valence-electron chi connectivity index (χ1n) is 9.72. The fourth-order valence-electron chi connectivity index (χ4n) is 3.41. The van der Waals surface area contributed by atoms with E-state index >= 15 is 0 Å². The molecule has 0 unspecified atom stereocenters.